The van der Waals surface area contributed by atoms with Gasteiger partial charge in [-0.2, -0.15) is 0 Å². The third kappa shape index (κ3) is 4.73. The monoisotopic (exact) mass is 297 g/mol. The molecule has 0 saturated heterocycles. The van der Waals surface area contributed by atoms with E-state index in [1.54, 1.807) is 13.3 Å². The number of methoxy groups -OCH3 is 1. The summed E-state index contributed by atoms with van der Waals surface area (Å²) < 4.78 is 5.27. The van der Waals surface area contributed by atoms with E-state index in [-0.39, 0.29) is 0 Å². The number of aliphatic imine (C=N–C) groups is 1. The number of hydrogen-bond donors (Lipinski definition) is 0. The maximum absolute atomic E-state index is 5.27. The van der Waals surface area contributed by atoms with Crippen LogP contribution in [0.25, 0.3) is 0 Å². The molecule has 0 amide bonds. The van der Waals surface area contributed by atoms with Gasteiger partial charge in [0.05, 0.1) is 7.11 Å². The van der Waals surface area contributed by atoms with E-state index in [0.717, 1.165) is 18.5 Å². The van der Waals surface area contributed by atoms with Crippen molar-refractivity contribution in [3.05, 3.63) is 70.7 Å². The van der Waals surface area contributed by atoms with Crippen LogP contribution in [-0.2, 0) is 4.74 Å². The topological polar surface area (TPSA) is 21.6 Å². The first-order valence-corrected chi connectivity index (χ1v) is 7.71. The van der Waals surface area contributed by atoms with Crippen LogP contribution >= 0.6 is 0 Å². The molecule has 0 aromatic carbocycles. The van der Waals surface area contributed by atoms with E-state index in [9.17, 15) is 0 Å². The van der Waals surface area contributed by atoms with Gasteiger partial charge in [0.2, 0.25) is 0 Å². The molecule has 2 heteroatoms. The zero-order valence-electron chi connectivity index (χ0n) is 14.4. The molecule has 0 heterocycles. The Morgan fingerprint density at radius 1 is 1.41 bits per heavy atom. The van der Waals surface area contributed by atoms with Crippen LogP contribution in [0.5, 0.6) is 0 Å². The van der Waals surface area contributed by atoms with Crippen molar-refractivity contribution in [1.29, 1.82) is 0 Å². The van der Waals surface area contributed by atoms with Gasteiger partial charge in [0, 0.05) is 6.21 Å². The summed E-state index contributed by atoms with van der Waals surface area (Å²) >= 11 is 0. The summed E-state index contributed by atoms with van der Waals surface area (Å²) in [5, 5.41) is 0. The summed E-state index contributed by atoms with van der Waals surface area (Å²) in [6.07, 6.45) is 14.3. The fourth-order valence-electron chi connectivity index (χ4n) is 2.28. The number of nitrogens with zero attached hydrogens (tertiary/aromatic N) is 1. The van der Waals surface area contributed by atoms with E-state index in [0.29, 0.717) is 5.76 Å². The van der Waals surface area contributed by atoms with Crippen molar-refractivity contribution in [2.75, 3.05) is 7.11 Å². The van der Waals surface area contributed by atoms with Crippen molar-refractivity contribution in [3.63, 3.8) is 0 Å². The van der Waals surface area contributed by atoms with Gasteiger partial charge < -0.3 is 4.74 Å². The van der Waals surface area contributed by atoms with Crippen LogP contribution < -0.4 is 0 Å². The summed E-state index contributed by atoms with van der Waals surface area (Å²) in [6, 6.07) is 0. The van der Waals surface area contributed by atoms with E-state index in [2.05, 4.69) is 62.7 Å². The van der Waals surface area contributed by atoms with Gasteiger partial charge in [0.25, 0.3) is 0 Å². The maximum atomic E-state index is 5.27. The molecule has 0 aromatic rings. The first kappa shape index (κ1) is 18.0. The number of ether oxygens (including phenoxy) is 1. The quantitative estimate of drug-likeness (QED) is 0.351. The summed E-state index contributed by atoms with van der Waals surface area (Å²) in [5.41, 5.74) is 5.95. The zero-order valence-corrected chi connectivity index (χ0v) is 14.4. The highest BCUT2D eigenvalue weighted by molar-refractivity contribution is 5.59. The van der Waals surface area contributed by atoms with Crippen LogP contribution in [-0.4, -0.2) is 13.3 Å². The molecule has 0 saturated carbocycles. The van der Waals surface area contributed by atoms with Crippen molar-refractivity contribution in [1.82, 2.24) is 0 Å². The highest BCUT2D eigenvalue weighted by Gasteiger charge is 2.11. The smallest absolute Gasteiger partial charge is 0.137 e. The average Bonchev–Trinajstić information content (AvgIpc) is 2.74. The van der Waals surface area contributed by atoms with Crippen LogP contribution in [0.3, 0.4) is 0 Å². The molecule has 1 aliphatic rings. The maximum Gasteiger partial charge on any atom is 0.137 e. The van der Waals surface area contributed by atoms with Gasteiger partial charge in [-0.15, -0.1) is 0 Å². The minimum Gasteiger partial charge on any atom is -0.495 e. The fraction of sp³-hybridized carbons (Fsp3) is 0.350. The lowest BCUT2D eigenvalue weighted by Crippen LogP contribution is -1.97. The second-order valence-corrected chi connectivity index (χ2v) is 5.24. The van der Waals surface area contributed by atoms with Crippen molar-refractivity contribution < 1.29 is 4.74 Å². The molecular weight excluding hydrogens is 270 g/mol. The minimum absolute atomic E-state index is 0.581. The van der Waals surface area contributed by atoms with Gasteiger partial charge in [0.1, 0.15) is 11.5 Å². The van der Waals surface area contributed by atoms with Gasteiger partial charge in [-0.05, 0) is 56.4 Å². The molecule has 0 N–H and O–H groups in total. The summed E-state index contributed by atoms with van der Waals surface area (Å²) in [6.45, 7) is 12.3. The van der Waals surface area contributed by atoms with Crippen LogP contribution in [0.4, 0.5) is 0 Å². The second-order valence-electron chi connectivity index (χ2n) is 5.24. The predicted molar refractivity (Wildman–Crippen MR) is 97.0 cm³/mol. The summed E-state index contributed by atoms with van der Waals surface area (Å²) in [4.78, 5) is 4.41. The van der Waals surface area contributed by atoms with E-state index >= 15 is 0 Å². The van der Waals surface area contributed by atoms with Crippen molar-refractivity contribution in [2.45, 2.75) is 40.5 Å². The molecule has 22 heavy (non-hydrogen) atoms. The Balaban J connectivity index is 3.46. The Labute approximate surface area is 135 Å². The third-order valence-corrected chi connectivity index (χ3v) is 3.79. The molecule has 0 bridgehead atoms. The number of rotatable bonds is 6. The lowest BCUT2D eigenvalue weighted by atomic mass is 9.92. The Morgan fingerprint density at radius 2 is 2.14 bits per heavy atom. The lowest BCUT2D eigenvalue weighted by molar-refractivity contribution is 0.302. The van der Waals surface area contributed by atoms with E-state index in [1.165, 1.54) is 22.3 Å². The van der Waals surface area contributed by atoms with Gasteiger partial charge in [-0.1, -0.05) is 43.4 Å². The third-order valence-electron chi connectivity index (χ3n) is 3.79. The van der Waals surface area contributed by atoms with Crippen molar-refractivity contribution in [2.24, 2.45) is 4.99 Å². The highest BCUT2D eigenvalue weighted by atomic mass is 16.5. The van der Waals surface area contributed by atoms with E-state index in [4.69, 9.17) is 4.74 Å². The number of allylic oxidation sites excluding steroid dienone is 9. The second kappa shape index (κ2) is 9.04. The SMILES string of the molecule is C=C(OC)/C(=C/C(C1=C(C)C=CC=CC1)=C(\C)CC)N=CC. The molecule has 0 radical (unpaired) electrons. The van der Waals surface area contributed by atoms with Crippen LogP contribution in [0.1, 0.15) is 40.5 Å². The first-order valence-electron chi connectivity index (χ1n) is 7.71. The molecule has 1 rings (SSSR count). The normalized spacial score (nSPS) is 16.9. The predicted octanol–water partition coefficient (Wildman–Crippen LogP) is 5.68. The largest absolute Gasteiger partial charge is 0.495 e. The van der Waals surface area contributed by atoms with Gasteiger partial charge in [-0.3, -0.25) is 4.99 Å². The fourth-order valence-corrected chi connectivity index (χ4v) is 2.28. The Bertz CT molecular complexity index is 595. The lowest BCUT2D eigenvalue weighted by Gasteiger charge is -2.15. The molecule has 118 valence electrons. The van der Waals surface area contributed by atoms with Gasteiger partial charge in [0.15, 0.2) is 0 Å². The minimum atomic E-state index is 0.581. The molecule has 0 unspecified atom stereocenters. The molecule has 0 atom stereocenters. The molecule has 0 spiro atoms. The van der Waals surface area contributed by atoms with Crippen LogP contribution in [0.2, 0.25) is 0 Å². The van der Waals surface area contributed by atoms with Crippen molar-refractivity contribution >= 4 is 6.21 Å². The van der Waals surface area contributed by atoms with E-state index in [1.807, 2.05) is 6.92 Å². The molecule has 0 aliphatic heterocycles. The molecule has 0 fully saturated rings. The van der Waals surface area contributed by atoms with Crippen LogP contribution in [0.15, 0.2) is 75.7 Å². The summed E-state index contributed by atoms with van der Waals surface area (Å²) in [5.74, 6) is 0.581. The Hall–Kier alpha value is -2.09. The van der Waals surface area contributed by atoms with Gasteiger partial charge in [-0.25, -0.2) is 0 Å². The first-order chi connectivity index (χ1) is 10.5. The van der Waals surface area contributed by atoms with Gasteiger partial charge >= 0.3 is 0 Å². The number of hydrogen-bond acceptors (Lipinski definition) is 2. The molecule has 0 aromatic heterocycles. The van der Waals surface area contributed by atoms with Crippen molar-refractivity contribution in [3.8, 4) is 0 Å². The zero-order chi connectivity index (χ0) is 16.5. The summed E-state index contributed by atoms with van der Waals surface area (Å²) in [7, 11) is 1.62. The molecular formula is C20H27NO. The Morgan fingerprint density at radius 3 is 2.73 bits per heavy atom. The highest BCUT2D eigenvalue weighted by Crippen LogP contribution is 2.29. The van der Waals surface area contributed by atoms with E-state index < -0.39 is 0 Å². The van der Waals surface area contributed by atoms with Crippen LogP contribution in [0, 0.1) is 0 Å². The Kier molecular flexibility index (Phi) is 7.38. The molecule has 2 nitrogen and oxygen atoms in total. The standard InChI is InChI=1S/C20H27NO/c1-7-15(3)19(14-20(21-8-2)17(5)22-6)18-13-11-9-10-12-16(18)4/h8-12,14H,5,7,13H2,1-4,6H3/b19-15-,20-14-,21-8?. The molecule has 1 aliphatic carbocycles. The average molecular weight is 297 g/mol.